The zero-order valence-corrected chi connectivity index (χ0v) is 12.3. The maximum atomic E-state index is 12.0. The molecule has 0 heterocycles. The van der Waals surface area contributed by atoms with Crippen LogP contribution in [0.5, 0.6) is 5.75 Å². The van der Waals surface area contributed by atoms with Crippen LogP contribution in [0, 0.1) is 0 Å². The van der Waals surface area contributed by atoms with E-state index >= 15 is 0 Å². The van der Waals surface area contributed by atoms with Crippen LogP contribution in [0.25, 0.3) is 0 Å². The van der Waals surface area contributed by atoms with Gasteiger partial charge in [0.2, 0.25) is 0 Å². The van der Waals surface area contributed by atoms with Crippen molar-refractivity contribution in [3.8, 4) is 5.75 Å². The van der Waals surface area contributed by atoms with Gasteiger partial charge in [0.05, 0.1) is 17.7 Å². The second-order valence-electron chi connectivity index (χ2n) is 3.43. The number of hydrogen-bond acceptors (Lipinski definition) is 2. The summed E-state index contributed by atoms with van der Waals surface area (Å²) in [6, 6.07) is 5.28. The molecule has 0 bridgehead atoms. The molecule has 0 aromatic heterocycles. The Morgan fingerprint density at radius 3 is 2.76 bits per heavy atom. The minimum atomic E-state index is 0. The van der Waals surface area contributed by atoms with Crippen molar-refractivity contribution in [1.82, 2.24) is 0 Å². The molecule has 0 fully saturated rings. The molecule has 1 atom stereocenters. The van der Waals surface area contributed by atoms with Crippen molar-refractivity contribution in [2.45, 2.75) is 19.8 Å². The van der Waals surface area contributed by atoms with Crippen LogP contribution in [0.1, 0.15) is 30.1 Å². The normalized spacial score (nSPS) is 10.3. The van der Waals surface area contributed by atoms with E-state index in [0.717, 1.165) is 19.0 Å². The van der Waals surface area contributed by atoms with E-state index in [1.807, 2.05) is 0 Å². The van der Waals surface area contributed by atoms with Crippen LogP contribution in [0.3, 0.4) is 0 Å². The van der Waals surface area contributed by atoms with Crippen LogP contribution < -0.4 is 4.74 Å². The van der Waals surface area contributed by atoms with Crippen LogP contribution in [0.2, 0.25) is 5.02 Å². The van der Waals surface area contributed by atoms with E-state index in [0.29, 0.717) is 16.3 Å². The standard InChI is InChI=1S/C12H16ClO2P.Li/c1-3-4-8-16-12(14)11-9(13)6-5-7-10(11)15-2;/h5-7,16H,3-4,8H2,1-2H3;. The summed E-state index contributed by atoms with van der Waals surface area (Å²) in [6.07, 6.45) is 3.13. The third-order valence-corrected chi connectivity index (χ3v) is 3.73. The van der Waals surface area contributed by atoms with Crippen molar-refractivity contribution in [1.29, 1.82) is 0 Å². The van der Waals surface area contributed by atoms with Crippen molar-refractivity contribution >= 4 is 44.6 Å². The van der Waals surface area contributed by atoms with Gasteiger partial charge in [-0.2, -0.15) is 0 Å². The molecule has 0 spiro atoms. The fourth-order valence-electron chi connectivity index (χ4n) is 1.36. The monoisotopic (exact) mass is 265 g/mol. The van der Waals surface area contributed by atoms with E-state index in [1.165, 1.54) is 0 Å². The summed E-state index contributed by atoms with van der Waals surface area (Å²) in [6.45, 7) is 2.12. The Labute approximate surface area is 121 Å². The molecule has 5 heteroatoms. The third kappa shape index (κ3) is 5.02. The summed E-state index contributed by atoms with van der Waals surface area (Å²) in [5, 5.41) is 0.480. The molecule has 0 aliphatic heterocycles. The number of benzene rings is 1. The first kappa shape index (κ1) is 17.0. The number of methoxy groups -OCH3 is 1. The van der Waals surface area contributed by atoms with Gasteiger partial charge in [0.1, 0.15) is 5.75 Å². The van der Waals surface area contributed by atoms with Gasteiger partial charge in [-0.3, -0.25) is 4.79 Å². The fraction of sp³-hybridized carbons (Fsp3) is 0.417. The average molecular weight is 266 g/mol. The first-order valence-corrected chi connectivity index (χ1v) is 6.90. The molecule has 1 radical (unpaired) electrons. The molecule has 1 aromatic rings. The number of hydrogen-bond donors (Lipinski definition) is 0. The van der Waals surface area contributed by atoms with Crippen LogP contribution in [0.15, 0.2) is 18.2 Å². The Balaban J connectivity index is 0.00000256. The number of halogens is 1. The first-order valence-electron chi connectivity index (χ1n) is 5.31. The van der Waals surface area contributed by atoms with E-state index in [9.17, 15) is 4.79 Å². The Hall–Kier alpha value is 0.00740. The molecule has 0 aliphatic rings. The summed E-state index contributed by atoms with van der Waals surface area (Å²) >= 11 is 6.02. The van der Waals surface area contributed by atoms with Crippen LogP contribution in [-0.4, -0.2) is 37.7 Å². The molecular formula is C12H16ClLiO2P. The number of rotatable bonds is 6. The fourth-order valence-corrected chi connectivity index (χ4v) is 2.88. The van der Waals surface area contributed by atoms with Gasteiger partial charge in [-0.25, -0.2) is 0 Å². The zero-order chi connectivity index (χ0) is 12.0. The third-order valence-electron chi connectivity index (χ3n) is 2.24. The molecule has 2 nitrogen and oxygen atoms in total. The average Bonchev–Trinajstić information content (AvgIpc) is 2.28. The number of carbonyl (C=O) groups excluding carboxylic acids is 1. The van der Waals surface area contributed by atoms with Gasteiger partial charge in [0, 0.05) is 18.9 Å². The first-order chi connectivity index (χ1) is 7.70. The topological polar surface area (TPSA) is 26.3 Å². The Bertz CT molecular complexity index is 372. The molecule has 0 saturated carbocycles. The maximum Gasteiger partial charge on any atom is 0.186 e. The molecule has 0 saturated heterocycles. The molecular weight excluding hydrogens is 249 g/mol. The number of unbranched alkanes of at least 4 members (excludes halogenated alkanes) is 1. The molecule has 0 aliphatic carbocycles. The van der Waals surface area contributed by atoms with Crippen molar-refractivity contribution in [2.75, 3.05) is 13.3 Å². The Kier molecular flexibility index (Phi) is 9.01. The SMILES string of the molecule is CCCCPC(=O)c1c(Cl)cccc1OC.[Li]. The molecule has 0 amide bonds. The van der Waals surface area contributed by atoms with E-state index in [-0.39, 0.29) is 33.0 Å². The van der Waals surface area contributed by atoms with Gasteiger partial charge in [0.25, 0.3) is 0 Å². The van der Waals surface area contributed by atoms with Gasteiger partial charge >= 0.3 is 0 Å². The molecule has 0 N–H and O–H groups in total. The molecule has 1 rings (SSSR count). The summed E-state index contributed by atoms with van der Waals surface area (Å²) in [7, 11) is 1.84. The van der Waals surface area contributed by atoms with Gasteiger partial charge in [0.15, 0.2) is 5.52 Å². The predicted molar refractivity (Wildman–Crippen MR) is 76.2 cm³/mol. The number of ether oxygens (including phenoxy) is 1. The van der Waals surface area contributed by atoms with E-state index < -0.39 is 0 Å². The van der Waals surface area contributed by atoms with Crippen LogP contribution in [-0.2, 0) is 0 Å². The largest absolute Gasteiger partial charge is 0.496 e. The van der Waals surface area contributed by atoms with Gasteiger partial charge < -0.3 is 4.74 Å². The zero-order valence-electron chi connectivity index (χ0n) is 10.5. The smallest absolute Gasteiger partial charge is 0.186 e. The molecule has 1 unspecified atom stereocenters. The molecule has 1 aromatic carbocycles. The van der Waals surface area contributed by atoms with Crippen molar-refractivity contribution < 1.29 is 9.53 Å². The second kappa shape index (κ2) is 9.01. The second-order valence-corrected chi connectivity index (χ2v) is 5.14. The van der Waals surface area contributed by atoms with Crippen LogP contribution >= 0.6 is 20.2 Å². The van der Waals surface area contributed by atoms with Crippen molar-refractivity contribution in [3.63, 3.8) is 0 Å². The van der Waals surface area contributed by atoms with Crippen LogP contribution in [0.4, 0.5) is 0 Å². The van der Waals surface area contributed by atoms with E-state index in [4.69, 9.17) is 16.3 Å². The molecule has 89 valence electrons. The summed E-state index contributed by atoms with van der Waals surface area (Å²) < 4.78 is 5.15. The van der Waals surface area contributed by atoms with Crippen molar-refractivity contribution in [3.05, 3.63) is 28.8 Å². The van der Waals surface area contributed by atoms with Crippen molar-refractivity contribution in [2.24, 2.45) is 0 Å². The van der Waals surface area contributed by atoms with Gasteiger partial charge in [-0.05, 0) is 33.3 Å². The molecule has 17 heavy (non-hydrogen) atoms. The minimum Gasteiger partial charge on any atom is -0.496 e. The van der Waals surface area contributed by atoms with E-state index in [2.05, 4.69) is 6.92 Å². The Morgan fingerprint density at radius 1 is 1.47 bits per heavy atom. The summed E-state index contributed by atoms with van der Waals surface area (Å²) in [5.41, 5.74) is 0.622. The quantitative estimate of drug-likeness (QED) is 0.446. The maximum absolute atomic E-state index is 12.0. The predicted octanol–water partition coefficient (Wildman–Crippen LogP) is 3.59. The van der Waals surface area contributed by atoms with E-state index in [1.54, 1.807) is 25.3 Å². The Morgan fingerprint density at radius 2 is 2.18 bits per heavy atom. The summed E-state index contributed by atoms with van der Waals surface area (Å²) in [5.74, 6) is 0.571. The van der Waals surface area contributed by atoms with Gasteiger partial charge in [-0.15, -0.1) is 0 Å². The minimum absolute atomic E-state index is 0. The van der Waals surface area contributed by atoms with Gasteiger partial charge in [-0.1, -0.05) is 31.0 Å². The number of carbonyl (C=O) groups is 1. The summed E-state index contributed by atoms with van der Waals surface area (Å²) in [4.78, 5) is 12.0.